The molecule has 1 saturated carbocycles. The number of hydrogen-bond donors (Lipinski definition) is 1. The topological polar surface area (TPSA) is 78.8 Å². The number of urea groups is 1. The summed E-state index contributed by atoms with van der Waals surface area (Å²) in [6, 6.07) is 8.90. The Kier molecular flexibility index (Phi) is 6.04. The number of benzene rings is 1. The average Bonchev–Trinajstić information content (AvgIpc) is 2.68. The van der Waals surface area contributed by atoms with Gasteiger partial charge in [0, 0.05) is 11.8 Å². The van der Waals surface area contributed by atoms with E-state index in [1.165, 1.54) is 4.90 Å². The zero-order valence-electron chi connectivity index (χ0n) is 16.0. The number of carbonyl (C=O) groups excluding carboxylic acids is 3. The molecule has 1 aromatic rings. The van der Waals surface area contributed by atoms with Crippen LogP contribution in [0.5, 0.6) is 0 Å². The van der Waals surface area contributed by atoms with E-state index in [1.807, 2.05) is 44.2 Å². The van der Waals surface area contributed by atoms with Gasteiger partial charge in [0.05, 0.1) is 6.04 Å². The van der Waals surface area contributed by atoms with Crippen molar-refractivity contribution < 1.29 is 14.4 Å². The van der Waals surface area contributed by atoms with Crippen molar-refractivity contribution in [2.24, 2.45) is 10.9 Å². The first kappa shape index (κ1) is 19.3. The lowest BCUT2D eigenvalue weighted by molar-refractivity contribution is -0.141. The highest BCUT2D eigenvalue weighted by molar-refractivity contribution is 6.27. The molecular weight excluding hydrogens is 342 g/mol. The molecule has 0 radical (unpaired) electrons. The normalized spacial score (nSPS) is 23.3. The van der Waals surface area contributed by atoms with Crippen molar-refractivity contribution in [2.75, 3.05) is 0 Å². The zero-order chi connectivity index (χ0) is 19.4. The first-order valence-corrected chi connectivity index (χ1v) is 9.82. The molecule has 144 valence electrons. The standard InChI is InChI=1S/C21H27N3O3/c1-3-17(22-14(2)15-10-6-4-7-11-15)18-19(25)23-21(27)24(20(18)26)16-12-8-5-9-13-16/h4,6-7,10-11,14,16,18H,3,5,8-9,12-13H2,1-2H3,(H,23,25,27)/t14-,18?/m0/s1. The molecule has 1 aliphatic heterocycles. The largest absolute Gasteiger partial charge is 0.331 e. The molecule has 0 bridgehead atoms. The van der Waals surface area contributed by atoms with Crippen molar-refractivity contribution in [3.05, 3.63) is 35.9 Å². The maximum atomic E-state index is 13.1. The highest BCUT2D eigenvalue weighted by Gasteiger charge is 2.45. The van der Waals surface area contributed by atoms with E-state index in [0.717, 1.165) is 37.7 Å². The molecule has 6 nitrogen and oxygen atoms in total. The van der Waals surface area contributed by atoms with Gasteiger partial charge in [-0.25, -0.2) is 4.79 Å². The molecule has 2 atom stereocenters. The zero-order valence-corrected chi connectivity index (χ0v) is 16.0. The van der Waals surface area contributed by atoms with Crippen LogP contribution in [0.25, 0.3) is 0 Å². The van der Waals surface area contributed by atoms with Gasteiger partial charge in [-0.05, 0) is 31.7 Å². The minimum Gasteiger partial charge on any atom is -0.285 e. The molecule has 27 heavy (non-hydrogen) atoms. The second kappa shape index (κ2) is 8.46. The lowest BCUT2D eigenvalue weighted by atomic mass is 9.90. The molecule has 1 aliphatic carbocycles. The molecule has 3 rings (SSSR count). The Hall–Kier alpha value is -2.50. The number of nitrogens with one attached hydrogen (secondary N) is 1. The van der Waals surface area contributed by atoms with E-state index in [2.05, 4.69) is 5.32 Å². The molecule has 2 aliphatic rings. The maximum absolute atomic E-state index is 13.1. The Balaban J connectivity index is 1.87. The quantitative estimate of drug-likeness (QED) is 0.636. The van der Waals surface area contributed by atoms with Crippen LogP contribution in [0.4, 0.5) is 4.79 Å². The molecule has 0 spiro atoms. The lowest BCUT2D eigenvalue weighted by Crippen LogP contribution is -2.62. The smallest absolute Gasteiger partial charge is 0.285 e. The van der Waals surface area contributed by atoms with Gasteiger partial charge in [0.25, 0.3) is 0 Å². The summed E-state index contributed by atoms with van der Waals surface area (Å²) in [7, 11) is 0. The lowest BCUT2D eigenvalue weighted by Gasteiger charge is -2.37. The van der Waals surface area contributed by atoms with E-state index in [9.17, 15) is 14.4 Å². The van der Waals surface area contributed by atoms with Crippen LogP contribution in [-0.2, 0) is 9.59 Å². The van der Waals surface area contributed by atoms with Crippen molar-refractivity contribution in [2.45, 2.75) is 64.5 Å². The van der Waals surface area contributed by atoms with Gasteiger partial charge in [0.2, 0.25) is 11.8 Å². The third kappa shape index (κ3) is 4.10. The summed E-state index contributed by atoms with van der Waals surface area (Å²) in [6.45, 7) is 3.83. The van der Waals surface area contributed by atoms with Crippen molar-refractivity contribution in [3.63, 3.8) is 0 Å². The van der Waals surface area contributed by atoms with Crippen LogP contribution in [0.2, 0.25) is 0 Å². The summed E-state index contributed by atoms with van der Waals surface area (Å²) in [6.07, 6.45) is 5.21. The van der Waals surface area contributed by atoms with Crippen LogP contribution in [0.15, 0.2) is 35.3 Å². The number of carbonyl (C=O) groups is 3. The number of nitrogens with zero attached hydrogens (tertiary/aromatic N) is 2. The van der Waals surface area contributed by atoms with Gasteiger partial charge in [-0.15, -0.1) is 0 Å². The summed E-state index contributed by atoms with van der Waals surface area (Å²) in [5, 5.41) is 2.38. The summed E-state index contributed by atoms with van der Waals surface area (Å²) in [5.74, 6) is -1.99. The number of hydrogen-bond acceptors (Lipinski definition) is 4. The highest BCUT2D eigenvalue weighted by atomic mass is 16.2. The molecule has 1 heterocycles. The van der Waals surface area contributed by atoms with E-state index in [1.54, 1.807) is 0 Å². The monoisotopic (exact) mass is 369 g/mol. The van der Waals surface area contributed by atoms with Crippen LogP contribution in [0.3, 0.4) is 0 Å². The van der Waals surface area contributed by atoms with E-state index < -0.39 is 23.8 Å². The summed E-state index contributed by atoms with van der Waals surface area (Å²) < 4.78 is 0. The van der Waals surface area contributed by atoms with Crippen molar-refractivity contribution in [3.8, 4) is 0 Å². The minimum absolute atomic E-state index is 0.119. The fourth-order valence-electron chi connectivity index (χ4n) is 3.99. The third-order valence-corrected chi connectivity index (χ3v) is 5.47. The molecule has 4 amide bonds. The predicted octanol–water partition coefficient (Wildman–Crippen LogP) is 3.63. The number of aliphatic imine (C=N–C) groups is 1. The van der Waals surface area contributed by atoms with Crippen LogP contribution in [0.1, 0.15) is 64.0 Å². The fourth-order valence-corrected chi connectivity index (χ4v) is 3.99. The van der Waals surface area contributed by atoms with Crippen molar-refractivity contribution >= 4 is 23.6 Å². The SMILES string of the molecule is CCC(=N[C@@H](C)c1ccccc1)C1C(=O)NC(=O)N(C2CCCCC2)C1=O. The molecule has 2 fully saturated rings. The van der Waals surface area contributed by atoms with Gasteiger partial charge in [-0.3, -0.25) is 24.8 Å². The first-order chi connectivity index (χ1) is 13.0. The Morgan fingerprint density at radius 2 is 1.81 bits per heavy atom. The molecule has 6 heteroatoms. The first-order valence-electron chi connectivity index (χ1n) is 9.82. The number of amides is 4. The van der Waals surface area contributed by atoms with Crippen LogP contribution < -0.4 is 5.32 Å². The van der Waals surface area contributed by atoms with Crippen molar-refractivity contribution in [1.82, 2.24) is 10.2 Å². The number of rotatable bonds is 5. The van der Waals surface area contributed by atoms with Gasteiger partial charge in [0.15, 0.2) is 5.92 Å². The molecule has 1 saturated heterocycles. The second-order valence-corrected chi connectivity index (χ2v) is 7.29. The minimum atomic E-state index is -1.01. The van der Waals surface area contributed by atoms with Gasteiger partial charge < -0.3 is 0 Å². The van der Waals surface area contributed by atoms with E-state index >= 15 is 0 Å². The maximum Gasteiger partial charge on any atom is 0.331 e. The van der Waals surface area contributed by atoms with Crippen LogP contribution in [-0.4, -0.2) is 34.5 Å². The Labute approximate surface area is 160 Å². The van der Waals surface area contributed by atoms with Gasteiger partial charge in [-0.1, -0.05) is 56.5 Å². The van der Waals surface area contributed by atoms with Gasteiger partial charge in [-0.2, -0.15) is 0 Å². The van der Waals surface area contributed by atoms with E-state index in [4.69, 9.17) is 4.99 Å². The average molecular weight is 369 g/mol. The predicted molar refractivity (Wildman–Crippen MR) is 103 cm³/mol. The Morgan fingerprint density at radius 1 is 1.15 bits per heavy atom. The van der Waals surface area contributed by atoms with Crippen LogP contribution in [0, 0.1) is 5.92 Å². The molecule has 1 aromatic carbocycles. The Morgan fingerprint density at radius 3 is 2.44 bits per heavy atom. The van der Waals surface area contributed by atoms with E-state index in [0.29, 0.717) is 12.1 Å². The highest BCUT2D eigenvalue weighted by Crippen LogP contribution is 2.27. The summed E-state index contributed by atoms with van der Waals surface area (Å²) in [4.78, 5) is 43.9. The molecule has 0 aromatic heterocycles. The van der Waals surface area contributed by atoms with Crippen LogP contribution >= 0.6 is 0 Å². The summed E-state index contributed by atoms with van der Waals surface area (Å²) in [5.41, 5.74) is 1.55. The van der Waals surface area contributed by atoms with Crippen molar-refractivity contribution in [1.29, 1.82) is 0 Å². The number of imide groups is 2. The number of barbiturate groups is 1. The third-order valence-electron chi connectivity index (χ3n) is 5.47. The summed E-state index contributed by atoms with van der Waals surface area (Å²) >= 11 is 0. The van der Waals surface area contributed by atoms with Gasteiger partial charge >= 0.3 is 6.03 Å². The molecule has 1 unspecified atom stereocenters. The molecular formula is C21H27N3O3. The van der Waals surface area contributed by atoms with Gasteiger partial charge in [0.1, 0.15) is 0 Å². The Bertz CT molecular complexity index is 738. The molecule has 1 N–H and O–H groups in total. The fraction of sp³-hybridized carbons (Fsp3) is 0.524. The van der Waals surface area contributed by atoms with E-state index in [-0.39, 0.29) is 12.1 Å². The second-order valence-electron chi connectivity index (χ2n) is 7.29.